The Balaban J connectivity index is 1.86. The number of nitrogens with one attached hydrogen (secondary N) is 2. The average molecular weight is 318 g/mol. The molecule has 2 amide bonds. The Morgan fingerprint density at radius 1 is 1.13 bits per heavy atom. The molecule has 1 saturated carbocycles. The van der Waals surface area contributed by atoms with Crippen LogP contribution in [0.1, 0.15) is 44.6 Å². The second-order valence-electron chi connectivity index (χ2n) is 6.03. The third kappa shape index (κ3) is 5.06. The monoisotopic (exact) mass is 318 g/mol. The first-order chi connectivity index (χ1) is 11.2. The Hall–Kier alpha value is -1.88. The first-order valence-electron chi connectivity index (χ1n) is 8.37. The third-order valence-corrected chi connectivity index (χ3v) is 4.20. The first-order valence-corrected chi connectivity index (χ1v) is 8.37. The van der Waals surface area contributed by atoms with Crippen LogP contribution < -0.4 is 10.6 Å². The van der Waals surface area contributed by atoms with E-state index in [0.717, 1.165) is 24.8 Å². The number of benzene rings is 1. The summed E-state index contributed by atoms with van der Waals surface area (Å²) in [6.45, 7) is 2.82. The Morgan fingerprint density at radius 3 is 2.48 bits per heavy atom. The average Bonchev–Trinajstić information content (AvgIpc) is 2.57. The van der Waals surface area contributed by atoms with Crippen molar-refractivity contribution >= 4 is 11.8 Å². The zero-order valence-electron chi connectivity index (χ0n) is 13.8. The quantitative estimate of drug-likeness (QED) is 0.809. The molecular weight excluding hydrogens is 292 g/mol. The molecule has 0 aliphatic heterocycles. The van der Waals surface area contributed by atoms with Gasteiger partial charge >= 0.3 is 0 Å². The van der Waals surface area contributed by atoms with Gasteiger partial charge in [0.1, 0.15) is 12.1 Å². The zero-order valence-corrected chi connectivity index (χ0v) is 13.8. The summed E-state index contributed by atoms with van der Waals surface area (Å²) in [6, 6.07) is 9.72. The van der Waals surface area contributed by atoms with Gasteiger partial charge in [-0.25, -0.2) is 0 Å². The molecule has 1 aromatic carbocycles. The molecule has 1 fully saturated rings. The highest BCUT2D eigenvalue weighted by atomic mass is 16.5. The lowest BCUT2D eigenvalue weighted by molar-refractivity contribution is -0.137. The van der Waals surface area contributed by atoms with Crippen molar-refractivity contribution in [3.63, 3.8) is 0 Å². The fraction of sp³-hybridized carbons (Fsp3) is 0.556. The second-order valence-corrected chi connectivity index (χ2v) is 6.03. The molecule has 0 saturated heterocycles. The van der Waals surface area contributed by atoms with Gasteiger partial charge in [0, 0.05) is 6.54 Å². The van der Waals surface area contributed by atoms with E-state index in [1.165, 1.54) is 0 Å². The van der Waals surface area contributed by atoms with Gasteiger partial charge in [0.2, 0.25) is 11.8 Å². The largest absolute Gasteiger partial charge is 0.367 e. The van der Waals surface area contributed by atoms with Gasteiger partial charge in [-0.2, -0.15) is 0 Å². The Bertz CT molecular complexity index is 510. The van der Waals surface area contributed by atoms with E-state index in [1.54, 1.807) is 0 Å². The Kier molecular flexibility index (Phi) is 6.59. The minimum absolute atomic E-state index is 0.0317. The fourth-order valence-corrected chi connectivity index (χ4v) is 3.03. The number of rotatable bonds is 7. The first kappa shape index (κ1) is 17.5. The molecule has 23 heavy (non-hydrogen) atoms. The summed E-state index contributed by atoms with van der Waals surface area (Å²) < 4.78 is 5.46. The highest BCUT2D eigenvalue weighted by Crippen LogP contribution is 2.28. The van der Waals surface area contributed by atoms with E-state index in [0.29, 0.717) is 26.0 Å². The van der Waals surface area contributed by atoms with Gasteiger partial charge in [0.15, 0.2) is 0 Å². The lowest BCUT2D eigenvalue weighted by Crippen LogP contribution is -2.60. The van der Waals surface area contributed by atoms with E-state index in [-0.39, 0.29) is 18.4 Å². The van der Waals surface area contributed by atoms with Crippen LogP contribution in [-0.4, -0.2) is 30.5 Å². The van der Waals surface area contributed by atoms with E-state index < -0.39 is 5.54 Å². The lowest BCUT2D eigenvalue weighted by Gasteiger charge is -2.36. The molecular formula is C18H26N2O3. The lowest BCUT2D eigenvalue weighted by atomic mass is 9.80. The number of hydrogen-bond donors (Lipinski definition) is 2. The normalized spacial score (nSPS) is 16.6. The zero-order chi connectivity index (χ0) is 16.5. The van der Waals surface area contributed by atoms with Gasteiger partial charge in [0.25, 0.3) is 0 Å². The Morgan fingerprint density at radius 2 is 1.83 bits per heavy atom. The fourth-order valence-electron chi connectivity index (χ4n) is 3.03. The molecule has 0 spiro atoms. The number of carbonyl (C=O) groups is 2. The molecule has 2 N–H and O–H groups in total. The van der Waals surface area contributed by atoms with Crippen LogP contribution in [0.2, 0.25) is 0 Å². The van der Waals surface area contributed by atoms with Gasteiger partial charge in [0.05, 0.1) is 6.61 Å². The molecule has 1 aromatic rings. The highest BCUT2D eigenvalue weighted by molar-refractivity contribution is 5.91. The van der Waals surface area contributed by atoms with Crippen LogP contribution in [0.5, 0.6) is 0 Å². The minimum Gasteiger partial charge on any atom is -0.367 e. The summed E-state index contributed by atoms with van der Waals surface area (Å²) in [5.41, 5.74) is 0.262. The van der Waals surface area contributed by atoms with E-state index in [4.69, 9.17) is 4.74 Å². The number of hydrogen-bond acceptors (Lipinski definition) is 3. The molecule has 0 aromatic heterocycles. The standard InChI is InChI=1S/C18H26N2O3/c1-2-19-17(22)18(11-7-4-8-12-18)20-16(21)14-23-13-15-9-5-3-6-10-15/h3,5-6,9-10H,2,4,7-8,11-14H2,1H3,(H,19,22)(H,20,21). The molecule has 2 rings (SSSR count). The van der Waals surface area contributed by atoms with Crippen LogP contribution >= 0.6 is 0 Å². The van der Waals surface area contributed by atoms with Gasteiger partial charge in [-0.05, 0) is 25.3 Å². The summed E-state index contributed by atoms with van der Waals surface area (Å²) in [6.07, 6.45) is 4.43. The second kappa shape index (κ2) is 8.67. The summed E-state index contributed by atoms with van der Waals surface area (Å²) in [7, 11) is 0. The maximum absolute atomic E-state index is 12.4. The van der Waals surface area contributed by atoms with Crippen molar-refractivity contribution in [1.82, 2.24) is 10.6 Å². The van der Waals surface area contributed by atoms with E-state index in [1.807, 2.05) is 37.3 Å². The van der Waals surface area contributed by atoms with Crippen molar-refractivity contribution < 1.29 is 14.3 Å². The van der Waals surface area contributed by atoms with Gasteiger partial charge in [-0.15, -0.1) is 0 Å². The number of carbonyl (C=O) groups excluding carboxylic acids is 2. The molecule has 126 valence electrons. The summed E-state index contributed by atoms with van der Waals surface area (Å²) in [5, 5.41) is 5.78. The van der Waals surface area contributed by atoms with Crippen LogP contribution in [0.25, 0.3) is 0 Å². The van der Waals surface area contributed by atoms with Gasteiger partial charge in [-0.1, -0.05) is 49.6 Å². The van der Waals surface area contributed by atoms with Crippen molar-refractivity contribution in [3.8, 4) is 0 Å². The van der Waals surface area contributed by atoms with E-state index in [9.17, 15) is 9.59 Å². The molecule has 0 unspecified atom stereocenters. The molecule has 1 aliphatic carbocycles. The van der Waals surface area contributed by atoms with E-state index >= 15 is 0 Å². The van der Waals surface area contributed by atoms with E-state index in [2.05, 4.69) is 10.6 Å². The molecule has 5 nitrogen and oxygen atoms in total. The summed E-state index contributed by atoms with van der Waals surface area (Å²) in [5.74, 6) is -0.301. The summed E-state index contributed by atoms with van der Waals surface area (Å²) >= 11 is 0. The maximum atomic E-state index is 12.4. The van der Waals surface area contributed by atoms with Crippen molar-refractivity contribution in [2.75, 3.05) is 13.2 Å². The molecule has 1 aliphatic rings. The predicted molar refractivity (Wildman–Crippen MR) is 88.7 cm³/mol. The molecule has 5 heteroatoms. The number of ether oxygens (including phenoxy) is 1. The molecule has 0 bridgehead atoms. The SMILES string of the molecule is CCNC(=O)C1(NC(=O)COCc2ccccc2)CCCCC1. The van der Waals surface area contributed by atoms with Crippen LogP contribution in [0, 0.1) is 0 Å². The minimum atomic E-state index is -0.762. The van der Waals surface area contributed by atoms with Crippen molar-refractivity contribution in [1.29, 1.82) is 0 Å². The third-order valence-electron chi connectivity index (χ3n) is 4.20. The van der Waals surface area contributed by atoms with Crippen LogP contribution in [-0.2, 0) is 20.9 Å². The topological polar surface area (TPSA) is 67.4 Å². The van der Waals surface area contributed by atoms with Crippen LogP contribution in [0.3, 0.4) is 0 Å². The van der Waals surface area contributed by atoms with Gasteiger partial charge in [-0.3, -0.25) is 9.59 Å². The van der Waals surface area contributed by atoms with Crippen molar-refractivity contribution in [2.24, 2.45) is 0 Å². The molecule has 0 atom stereocenters. The maximum Gasteiger partial charge on any atom is 0.246 e. The smallest absolute Gasteiger partial charge is 0.246 e. The molecule has 0 heterocycles. The number of likely N-dealkylation sites (N-methyl/N-ethyl adjacent to an activating group) is 1. The van der Waals surface area contributed by atoms with Crippen molar-refractivity contribution in [3.05, 3.63) is 35.9 Å². The Labute approximate surface area is 137 Å². The van der Waals surface area contributed by atoms with Crippen LogP contribution in [0.4, 0.5) is 0 Å². The van der Waals surface area contributed by atoms with Crippen LogP contribution in [0.15, 0.2) is 30.3 Å². The van der Waals surface area contributed by atoms with Gasteiger partial charge < -0.3 is 15.4 Å². The van der Waals surface area contributed by atoms with Crippen molar-refractivity contribution in [2.45, 2.75) is 51.2 Å². The summed E-state index contributed by atoms with van der Waals surface area (Å²) in [4.78, 5) is 24.6. The highest BCUT2D eigenvalue weighted by Gasteiger charge is 2.40. The predicted octanol–water partition coefficient (Wildman–Crippen LogP) is 2.16. The number of amides is 2. The molecule has 0 radical (unpaired) electrons.